The molecule has 162 valence electrons. The van der Waals surface area contributed by atoms with Gasteiger partial charge in [0.1, 0.15) is 21.7 Å². The SMILES string of the molecule is Cc1nnc(-c2ccc3cnc(NC(=O)c4ccc(N5CCN(C)CC5)nc4)cc3c2)s1. The summed E-state index contributed by atoms with van der Waals surface area (Å²) >= 11 is 1.55. The zero-order chi connectivity index (χ0) is 22.1. The molecule has 1 aromatic carbocycles. The fourth-order valence-corrected chi connectivity index (χ4v) is 4.37. The van der Waals surface area contributed by atoms with E-state index in [9.17, 15) is 4.79 Å². The van der Waals surface area contributed by atoms with Crippen molar-refractivity contribution in [1.82, 2.24) is 25.1 Å². The van der Waals surface area contributed by atoms with E-state index < -0.39 is 0 Å². The molecule has 1 aliphatic rings. The number of rotatable bonds is 4. The van der Waals surface area contributed by atoms with Crippen molar-refractivity contribution in [1.29, 1.82) is 0 Å². The summed E-state index contributed by atoms with van der Waals surface area (Å²) in [7, 11) is 2.12. The fourth-order valence-electron chi connectivity index (χ4n) is 3.69. The smallest absolute Gasteiger partial charge is 0.258 e. The number of hydrogen-bond acceptors (Lipinski definition) is 8. The second kappa shape index (κ2) is 8.60. The minimum absolute atomic E-state index is 0.231. The van der Waals surface area contributed by atoms with Crippen molar-refractivity contribution in [3.05, 3.63) is 59.4 Å². The number of benzene rings is 1. The molecule has 1 saturated heterocycles. The van der Waals surface area contributed by atoms with Gasteiger partial charge in [-0.25, -0.2) is 9.97 Å². The van der Waals surface area contributed by atoms with E-state index in [-0.39, 0.29) is 5.91 Å². The topological polar surface area (TPSA) is 87.1 Å². The monoisotopic (exact) mass is 445 g/mol. The zero-order valence-corrected chi connectivity index (χ0v) is 18.8. The number of nitrogens with one attached hydrogen (secondary N) is 1. The maximum absolute atomic E-state index is 12.7. The number of carbonyl (C=O) groups is 1. The van der Waals surface area contributed by atoms with Crippen LogP contribution in [0.1, 0.15) is 15.4 Å². The average molecular weight is 446 g/mol. The van der Waals surface area contributed by atoms with Crippen molar-refractivity contribution in [2.24, 2.45) is 0 Å². The van der Waals surface area contributed by atoms with Gasteiger partial charge in [-0.2, -0.15) is 0 Å². The van der Waals surface area contributed by atoms with Crippen LogP contribution in [0.2, 0.25) is 0 Å². The maximum Gasteiger partial charge on any atom is 0.258 e. The Morgan fingerprint density at radius 3 is 2.53 bits per heavy atom. The Kier molecular flexibility index (Phi) is 5.50. The minimum atomic E-state index is -0.231. The van der Waals surface area contributed by atoms with E-state index >= 15 is 0 Å². The molecule has 1 fully saturated rings. The van der Waals surface area contributed by atoms with Crippen molar-refractivity contribution < 1.29 is 4.79 Å². The summed E-state index contributed by atoms with van der Waals surface area (Å²) in [6, 6.07) is 11.6. The maximum atomic E-state index is 12.7. The molecule has 32 heavy (non-hydrogen) atoms. The number of aromatic nitrogens is 4. The third-order valence-electron chi connectivity index (χ3n) is 5.57. The standard InChI is InChI=1S/C23H23N7OS/c1-15-27-28-23(32-15)16-3-4-17-13-24-20(12-19(17)11-16)26-22(31)18-5-6-21(25-14-18)30-9-7-29(2)8-10-30/h3-6,11-14H,7-10H2,1-2H3,(H,24,26,31). The van der Waals surface area contributed by atoms with Crippen LogP contribution in [0.4, 0.5) is 11.6 Å². The summed E-state index contributed by atoms with van der Waals surface area (Å²) in [4.78, 5) is 26.2. The van der Waals surface area contributed by atoms with Gasteiger partial charge in [-0.1, -0.05) is 23.5 Å². The number of fused-ring (bicyclic) bond motifs is 1. The third-order valence-corrected chi connectivity index (χ3v) is 6.46. The highest BCUT2D eigenvalue weighted by molar-refractivity contribution is 7.14. The van der Waals surface area contributed by atoms with Gasteiger partial charge in [0, 0.05) is 49.5 Å². The number of amides is 1. The molecule has 4 heterocycles. The summed E-state index contributed by atoms with van der Waals surface area (Å²) in [5.74, 6) is 1.17. The normalized spacial score (nSPS) is 14.6. The van der Waals surface area contributed by atoms with Crippen molar-refractivity contribution in [2.45, 2.75) is 6.92 Å². The number of carbonyl (C=O) groups excluding carboxylic acids is 1. The summed E-state index contributed by atoms with van der Waals surface area (Å²) in [5.41, 5.74) is 1.50. The van der Waals surface area contributed by atoms with E-state index in [4.69, 9.17) is 0 Å². The summed E-state index contributed by atoms with van der Waals surface area (Å²) in [6.45, 7) is 5.84. The summed E-state index contributed by atoms with van der Waals surface area (Å²) in [6.07, 6.45) is 3.38. The molecule has 0 bridgehead atoms. The second-order valence-corrected chi connectivity index (χ2v) is 9.09. The Labute approximate surface area is 189 Å². The van der Waals surface area contributed by atoms with Gasteiger partial charge in [0.2, 0.25) is 0 Å². The first kappa shape index (κ1) is 20.5. The lowest BCUT2D eigenvalue weighted by Crippen LogP contribution is -2.44. The van der Waals surface area contributed by atoms with Crippen LogP contribution in [0.3, 0.4) is 0 Å². The summed E-state index contributed by atoms with van der Waals surface area (Å²) in [5, 5.41) is 15.0. The van der Waals surface area contributed by atoms with E-state index in [0.717, 1.165) is 58.3 Å². The van der Waals surface area contributed by atoms with Crippen molar-refractivity contribution >= 4 is 39.7 Å². The van der Waals surface area contributed by atoms with Crippen LogP contribution in [0.5, 0.6) is 0 Å². The molecule has 3 aromatic heterocycles. The quantitative estimate of drug-likeness (QED) is 0.515. The minimum Gasteiger partial charge on any atom is -0.354 e. The predicted octanol–water partition coefficient (Wildman–Crippen LogP) is 3.46. The van der Waals surface area contributed by atoms with E-state index in [1.165, 1.54) is 0 Å². The van der Waals surface area contributed by atoms with Gasteiger partial charge in [0.15, 0.2) is 0 Å². The number of anilines is 2. The molecule has 0 unspecified atom stereocenters. The number of nitrogens with zero attached hydrogens (tertiary/aromatic N) is 6. The molecule has 0 saturated carbocycles. The predicted molar refractivity (Wildman–Crippen MR) is 127 cm³/mol. The van der Waals surface area contributed by atoms with Crippen molar-refractivity contribution in [2.75, 3.05) is 43.4 Å². The largest absolute Gasteiger partial charge is 0.354 e. The Morgan fingerprint density at radius 2 is 1.81 bits per heavy atom. The van der Waals surface area contributed by atoms with Crippen LogP contribution in [-0.4, -0.2) is 64.2 Å². The molecule has 0 aliphatic carbocycles. The van der Waals surface area contributed by atoms with Gasteiger partial charge in [-0.05, 0) is 43.6 Å². The highest BCUT2D eigenvalue weighted by Gasteiger charge is 2.16. The lowest BCUT2D eigenvalue weighted by molar-refractivity contribution is 0.102. The Morgan fingerprint density at radius 1 is 0.969 bits per heavy atom. The fraction of sp³-hybridized carbons (Fsp3) is 0.261. The highest BCUT2D eigenvalue weighted by Crippen LogP contribution is 2.27. The molecule has 1 amide bonds. The van der Waals surface area contributed by atoms with E-state index in [2.05, 4.69) is 42.3 Å². The van der Waals surface area contributed by atoms with E-state index in [0.29, 0.717) is 11.4 Å². The van der Waals surface area contributed by atoms with Crippen LogP contribution in [0.25, 0.3) is 21.3 Å². The van der Waals surface area contributed by atoms with Crippen molar-refractivity contribution in [3.63, 3.8) is 0 Å². The van der Waals surface area contributed by atoms with Gasteiger partial charge >= 0.3 is 0 Å². The number of likely N-dealkylation sites (N-methyl/N-ethyl adjacent to an activating group) is 1. The molecule has 0 spiro atoms. The lowest BCUT2D eigenvalue weighted by Gasteiger charge is -2.33. The lowest BCUT2D eigenvalue weighted by atomic mass is 10.1. The third kappa shape index (κ3) is 4.30. The molecule has 1 N–H and O–H groups in total. The molecule has 0 radical (unpaired) electrons. The Balaban J connectivity index is 1.31. The molecule has 4 aromatic rings. The number of piperazine rings is 1. The summed E-state index contributed by atoms with van der Waals surface area (Å²) < 4.78 is 0. The van der Waals surface area contributed by atoms with Gasteiger partial charge < -0.3 is 15.1 Å². The molecule has 0 atom stereocenters. The van der Waals surface area contributed by atoms with Crippen LogP contribution in [0, 0.1) is 6.92 Å². The number of aryl methyl sites for hydroxylation is 1. The van der Waals surface area contributed by atoms with Crippen LogP contribution in [0.15, 0.2) is 48.8 Å². The first-order valence-electron chi connectivity index (χ1n) is 10.5. The molecular formula is C23H23N7OS. The van der Waals surface area contributed by atoms with Crippen LogP contribution in [-0.2, 0) is 0 Å². The molecule has 1 aliphatic heterocycles. The number of hydrogen-bond donors (Lipinski definition) is 1. The molecule has 8 nitrogen and oxygen atoms in total. The van der Waals surface area contributed by atoms with Gasteiger partial charge in [0.25, 0.3) is 5.91 Å². The first-order valence-corrected chi connectivity index (χ1v) is 11.3. The highest BCUT2D eigenvalue weighted by atomic mass is 32.1. The molecule has 5 rings (SSSR count). The second-order valence-electron chi connectivity index (χ2n) is 7.91. The van der Waals surface area contributed by atoms with Gasteiger partial charge in [0.05, 0.1) is 5.56 Å². The zero-order valence-electron chi connectivity index (χ0n) is 17.9. The molecular weight excluding hydrogens is 422 g/mol. The average Bonchev–Trinajstić information content (AvgIpc) is 3.25. The van der Waals surface area contributed by atoms with E-state index in [1.807, 2.05) is 43.3 Å². The van der Waals surface area contributed by atoms with Crippen LogP contribution < -0.4 is 10.2 Å². The Hall–Kier alpha value is -3.43. The molecule has 9 heteroatoms. The Bertz CT molecular complexity index is 1260. The van der Waals surface area contributed by atoms with E-state index in [1.54, 1.807) is 23.7 Å². The van der Waals surface area contributed by atoms with Gasteiger partial charge in [-0.15, -0.1) is 10.2 Å². The first-order chi connectivity index (χ1) is 15.5. The van der Waals surface area contributed by atoms with Crippen LogP contribution >= 0.6 is 11.3 Å². The number of pyridine rings is 2. The van der Waals surface area contributed by atoms with Crippen molar-refractivity contribution in [3.8, 4) is 10.6 Å². The van der Waals surface area contributed by atoms with Gasteiger partial charge in [-0.3, -0.25) is 4.79 Å².